The Bertz CT molecular complexity index is 509. The number of amides is 1. The van der Waals surface area contributed by atoms with Gasteiger partial charge in [-0.15, -0.1) is 0 Å². The van der Waals surface area contributed by atoms with Gasteiger partial charge in [-0.2, -0.15) is 0 Å². The number of hydrogen-bond donors (Lipinski definition) is 0. The molecule has 0 unspecified atom stereocenters. The van der Waals surface area contributed by atoms with Crippen LogP contribution in [0.3, 0.4) is 0 Å². The molecule has 0 bridgehead atoms. The number of rotatable bonds is 1. The molecule has 0 spiro atoms. The third-order valence-electron chi connectivity index (χ3n) is 3.25. The molecule has 0 atom stereocenters. The van der Waals surface area contributed by atoms with Crippen molar-refractivity contribution in [1.82, 2.24) is 0 Å². The molecule has 112 valence electrons. The minimum Gasteiger partial charge on any atom is -0.476 e. The van der Waals surface area contributed by atoms with Crippen LogP contribution in [0.15, 0.2) is 12.1 Å². The summed E-state index contributed by atoms with van der Waals surface area (Å²) in [6.45, 7) is 11.7. The summed E-state index contributed by atoms with van der Waals surface area (Å²) < 4.78 is 5.80. The molecule has 0 fully saturated rings. The highest BCUT2D eigenvalue weighted by molar-refractivity contribution is 6.32. The summed E-state index contributed by atoms with van der Waals surface area (Å²) in [6, 6.07) is 3.74. The van der Waals surface area contributed by atoms with Gasteiger partial charge in [-0.25, -0.2) is 0 Å². The zero-order valence-electron chi connectivity index (χ0n) is 13.4. The number of ether oxygens (including phenoxy) is 1. The normalized spacial score (nSPS) is 16.2. The van der Waals surface area contributed by atoms with E-state index in [0.29, 0.717) is 10.9 Å². The molecule has 4 heteroatoms. The summed E-state index contributed by atoms with van der Waals surface area (Å²) in [4.78, 5) is 13.7. The van der Waals surface area contributed by atoms with Crippen molar-refractivity contribution < 1.29 is 9.53 Å². The first-order valence-electron chi connectivity index (χ1n) is 7.04. The number of hydrogen-bond acceptors (Lipinski definition) is 2. The highest BCUT2D eigenvalue weighted by atomic mass is 35.5. The number of carbonyl (C=O) groups excluding carboxylic acids is 1. The number of likely N-dealkylation sites (N-methyl/N-ethyl adjacent to an activating group) is 1. The summed E-state index contributed by atoms with van der Waals surface area (Å²) in [7, 11) is 1.75. The number of anilines is 1. The lowest BCUT2D eigenvalue weighted by Crippen LogP contribution is -2.50. The van der Waals surface area contributed by atoms with Crippen LogP contribution in [0.4, 0.5) is 5.69 Å². The van der Waals surface area contributed by atoms with Gasteiger partial charge in [0.2, 0.25) is 0 Å². The minimum atomic E-state index is -0.830. The predicted molar refractivity (Wildman–Crippen MR) is 85.0 cm³/mol. The Kier molecular flexibility index (Phi) is 5.09. The Hall–Kier alpha value is -1.22. The third kappa shape index (κ3) is 2.93. The first-order valence-corrected chi connectivity index (χ1v) is 7.42. The van der Waals surface area contributed by atoms with Crippen LogP contribution >= 0.6 is 11.6 Å². The number of fused-ring (bicyclic) bond motifs is 1. The van der Waals surface area contributed by atoms with Gasteiger partial charge in [-0.1, -0.05) is 39.3 Å². The van der Waals surface area contributed by atoms with Gasteiger partial charge in [-0.05, 0) is 37.5 Å². The number of carbonyl (C=O) groups is 1. The molecule has 3 nitrogen and oxygen atoms in total. The van der Waals surface area contributed by atoms with Crippen LogP contribution in [0, 0.1) is 0 Å². The molecule has 20 heavy (non-hydrogen) atoms. The molecule has 0 saturated heterocycles. The van der Waals surface area contributed by atoms with E-state index in [1.165, 1.54) is 0 Å². The Morgan fingerprint density at radius 1 is 1.25 bits per heavy atom. The van der Waals surface area contributed by atoms with Gasteiger partial charge in [0.15, 0.2) is 5.60 Å². The fourth-order valence-corrected chi connectivity index (χ4v) is 2.55. The standard InChI is InChI=1S/C14H18ClNO2.C2H6/c1-8(2)9-6-12-11(7-10(9)15)16(5)13(17)14(3,4)18-12;1-2/h6-8H,1-5H3;1-2H3. The molecule has 1 amide bonds. The van der Waals surface area contributed by atoms with E-state index in [4.69, 9.17) is 16.3 Å². The lowest BCUT2D eigenvalue weighted by atomic mass is 9.99. The highest BCUT2D eigenvalue weighted by Crippen LogP contribution is 2.41. The first kappa shape index (κ1) is 16.8. The molecule has 0 aliphatic carbocycles. The molecule has 1 aliphatic rings. The van der Waals surface area contributed by atoms with Crippen LogP contribution < -0.4 is 9.64 Å². The molecule has 0 saturated carbocycles. The van der Waals surface area contributed by atoms with Gasteiger partial charge in [0.05, 0.1) is 5.69 Å². The number of halogens is 1. The maximum absolute atomic E-state index is 12.1. The van der Waals surface area contributed by atoms with Gasteiger partial charge in [0.1, 0.15) is 5.75 Å². The minimum absolute atomic E-state index is 0.0663. The van der Waals surface area contributed by atoms with Crippen molar-refractivity contribution in [2.45, 2.75) is 53.1 Å². The maximum atomic E-state index is 12.1. The van der Waals surface area contributed by atoms with E-state index in [-0.39, 0.29) is 5.91 Å². The topological polar surface area (TPSA) is 29.5 Å². The van der Waals surface area contributed by atoms with E-state index in [2.05, 4.69) is 13.8 Å². The molecule has 0 radical (unpaired) electrons. The fourth-order valence-electron chi connectivity index (χ4n) is 2.18. The monoisotopic (exact) mass is 297 g/mol. The van der Waals surface area contributed by atoms with E-state index in [1.54, 1.807) is 31.9 Å². The second kappa shape index (κ2) is 6.04. The van der Waals surface area contributed by atoms with Crippen molar-refractivity contribution in [1.29, 1.82) is 0 Å². The Balaban J connectivity index is 0.000000956. The quantitative estimate of drug-likeness (QED) is 0.757. The molecular weight excluding hydrogens is 274 g/mol. The first-order chi connectivity index (χ1) is 9.24. The summed E-state index contributed by atoms with van der Waals surface area (Å²) >= 11 is 6.25. The van der Waals surface area contributed by atoms with Crippen molar-refractivity contribution in [3.8, 4) is 5.75 Å². The second-order valence-corrected chi connectivity index (χ2v) is 5.88. The lowest BCUT2D eigenvalue weighted by molar-refractivity contribution is -0.132. The van der Waals surface area contributed by atoms with E-state index >= 15 is 0 Å². The Labute approximate surface area is 126 Å². The van der Waals surface area contributed by atoms with E-state index in [9.17, 15) is 4.79 Å². The van der Waals surface area contributed by atoms with Crippen LogP contribution in [-0.4, -0.2) is 18.6 Å². The van der Waals surface area contributed by atoms with Crippen LogP contribution in [-0.2, 0) is 4.79 Å². The molecule has 1 aromatic rings. The van der Waals surface area contributed by atoms with Gasteiger partial charge < -0.3 is 9.64 Å². The molecule has 2 rings (SSSR count). The molecule has 1 aliphatic heterocycles. The molecule has 1 heterocycles. The van der Waals surface area contributed by atoms with Gasteiger partial charge in [0.25, 0.3) is 5.91 Å². The summed E-state index contributed by atoms with van der Waals surface area (Å²) in [5.74, 6) is 0.969. The van der Waals surface area contributed by atoms with Crippen LogP contribution in [0.1, 0.15) is 53.0 Å². The lowest BCUT2D eigenvalue weighted by Gasteiger charge is -2.37. The third-order valence-corrected chi connectivity index (χ3v) is 3.57. The Morgan fingerprint density at radius 3 is 2.30 bits per heavy atom. The Morgan fingerprint density at radius 2 is 1.80 bits per heavy atom. The van der Waals surface area contributed by atoms with Gasteiger partial charge in [-0.3, -0.25) is 4.79 Å². The fraction of sp³-hybridized carbons (Fsp3) is 0.562. The maximum Gasteiger partial charge on any atom is 0.270 e. The van der Waals surface area contributed by atoms with Crippen molar-refractivity contribution in [2.24, 2.45) is 0 Å². The van der Waals surface area contributed by atoms with Crippen molar-refractivity contribution >= 4 is 23.2 Å². The molecule has 1 aromatic carbocycles. The highest BCUT2D eigenvalue weighted by Gasteiger charge is 2.39. The van der Waals surface area contributed by atoms with Gasteiger partial charge in [0, 0.05) is 12.1 Å². The van der Waals surface area contributed by atoms with E-state index < -0.39 is 5.60 Å². The zero-order valence-corrected chi connectivity index (χ0v) is 14.1. The summed E-state index contributed by atoms with van der Waals surface area (Å²) in [6.07, 6.45) is 0. The van der Waals surface area contributed by atoms with E-state index in [0.717, 1.165) is 17.0 Å². The second-order valence-electron chi connectivity index (χ2n) is 5.47. The number of benzene rings is 1. The molecular formula is C16H24ClNO2. The van der Waals surface area contributed by atoms with Crippen molar-refractivity contribution in [3.63, 3.8) is 0 Å². The average Bonchev–Trinajstić information content (AvgIpc) is 2.39. The SMILES string of the molecule is CC.CC(C)c1cc2c(cc1Cl)N(C)C(=O)C(C)(C)O2. The largest absolute Gasteiger partial charge is 0.476 e. The number of nitrogens with zero attached hydrogens (tertiary/aromatic N) is 1. The van der Waals surface area contributed by atoms with Crippen LogP contribution in [0.5, 0.6) is 5.75 Å². The van der Waals surface area contributed by atoms with Gasteiger partial charge >= 0.3 is 0 Å². The average molecular weight is 298 g/mol. The summed E-state index contributed by atoms with van der Waals surface area (Å²) in [5.41, 5.74) is 0.937. The van der Waals surface area contributed by atoms with Crippen LogP contribution in [0.2, 0.25) is 5.02 Å². The summed E-state index contributed by atoms with van der Waals surface area (Å²) in [5, 5.41) is 0.673. The molecule has 0 N–H and O–H groups in total. The van der Waals surface area contributed by atoms with Crippen molar-refractivity contribution in [3.05, 3.63) is 22.7 Å². The van der Waals surface area contributed by atoms with Crippen LogP contribution in [0.25, 0.3) is 0 Å². The smallest absolute Gasteiger partial charge is 0.270 e. The molecule has 0 aromatic heterocycles. The predicted octanol–water partition coefficient (Wildman–Crippen LogP) is 4.62. The van der Waals surface area contributed by atoms with Crippen molar-refractivity contribution in [2.75, 3.05) is 11.9 Å². The zero-order chi connectivity index (χ0) is 15.7. The van der Waals surface area contributed by atoms with E-state index in [1.807, 2.05) is 19.9 Å².